The van der Waals surface area contributed by atoms with Gasteiger partial charge in [-0.15, -0.1) is 0 Å². The molecule has 2 aromatic carbocycles. The lowest BCUT2D eigenvalue weighted by atomic mass is 9.94. The first-order valence-corrected chi connectivity index (χ1v) is 7.69. The largest absolute Gasteiger partial charge is 0.497 e. The molecule has 0 aliphatic rings. The number of methoxy groups -OCH3 is 1. The Kier molecular flexibility index (Phi) is 5.37. The maximum absolute atomic E-state index is 13.6. The Hall–Kier alpha value is -1.39. The number of halogens is 2. The lowest BCUT2D eigenvalue weighted by molar-refractivity contribution is 0.414. The van der Waals surface area contributed by atoms with Crippen molar-refractivity contribution in [3.63, 3.8) is 0 Å². The van der Waals surface area contributed by atoms with E-state index < -0.39 is 0 Å². The van der Waals surface area contributed by atoms with Gasteiger partial charge in [0, 0.05) is 4.47 Å². The normalized spacial score (nSPS) is 12.2. The molecule has 0 heterocycles. The zero-order chi connectivity index (χ0) is 15.4. The number of hydrogen-bond donors (Lipinski definition) is 1. The van der Waals surface area contributed by atoms with E-state index in [-0.39, 0.29) is 11.9 Å². The Bertz CT molecular complexity index is 630. The van der Waals surface area contributed by atoms with E-state index in [2.05, 4.69) is 21.2 Å². The van der Waals surface area contributed by atoms with Gasteiger partial charge in [-0.2, -0.15) is 0 Å². The molecular weight excluding hydrogens is 333 g/mol. The average Bonchev–Trinajstić information content (AvgIpc) is 2.48. The Morgan fingerprint density at radius 2 is 1.95 bits per heavy atom. The second-order valence-corrected chi connectivity index (χ2v) is 5.73. The molecule has 0 bridgehead atoms. The number of rotatable bonds is 5. The summed E-state index contributed by atoms with van der Waals surface area (Å²) in [6, 6.07) is 10.7. The summed E-state index contributed by atoms with van der Waals surface area (Å²) in [5.41, 5.74) is 3.07. The van der Waals surface area contributed by atoms with Crippen molar-refractivity contribution in [2.45, 2.75) is 19.9 Å². The molecule has 1 unspecified atom stereocenters. The number of nitrogens with one attached hydrogen (secondary N) is 1. The highest BCUT2D eigenvalue weighted by atomic mass is 79.9. The maximum atomic E-state index is 13.6. The molecule has 112 valence electrons. The summed E-state index contributed by atoms with van der Waals surface area (Å²) in [6.45, 7) is 4.83. The minimum absolute atomic E-state index is 0.0639. The van der Waals surface area contributed by atoms with Crippen LogP contribution < -0.4 is 10.1 Å². The number of aryl methyl sites for hydroxylation is 1. The second kappa shape index (κ2) is 7.05. The highest BCUT2D eigenvalue weighted by Gasteiger charge is 2.18. The maximum Gasteiger partial charge on any atom is 0.123 e. The summed E-state index contributed by atoms with van der Waals surface area (Å²) in [6.07, 6.45) is 0. The summed E-state index contributed by atoms with van der Waals surface area (Å²) in [5, 5.41) is 3.42. The number of benzene rings is 2. The van der Waals surface area contributed by atoms with Crippen LogP contribution in [-0.4, -0.2) is 13.7 Å². The fraction of sp³-hybridized carbons (Fsp3) is 0.294. The van der Waals surface area contributed by atoms with Gasteiger partial charge in [-0.05, 0) is 54.4 Å². The van der Waals surface area contributed by atoms with Gasteiger partial charge in [0.1, 0.15) is 11.6 Å². The quantitative estimate of drug-likeness (QED) is 0.849. The fourth-order valence-corrected chi connectivity index (χ4v) is 2.97. The van der Waals surface area contributed by atoms with Crippen molar-refractivity contribution in [1.82, 2.24) is 5.32 Å². The van der Waals surface area contributed by atoms with E-state index in [4.69, 9.17) is 4.74 Å². The third-order valence-electron chi connectivity index (χ3n) is 3.48. The molecule has 0 aliphatic carbocycles. The third-order valence-corrected chi connectivity index (χ3v) is 4.17. The molecule has 1 atom stereocenters. The van der Waals surface area contributed by atoms with Crippen molar-refractivity contribution in [2.24, 2.45) is 0 Å². The lowest BCUT2D eigenvalue weighted by Gasteiger charge is -2.22. The van der Waals surface area contributed by atoms with Crippen molar-refractivity contribution in [3.8, 4) is 5.75 Å². The Balaban J connectivity index is 2.50. The molecule has 0 radical (unpaired) electrons. The van der Waals surface area contributed by atoms with Crippen LogP contribution >= 0.6 is 15.9 Å². The van der Waals surface area contributed by atoms with Gasteiger partial charge < -0.3 is 10.1 Å². The molecule has 1 N–H and O–H groups in total. The molecule has 0 spiro atoms. The van der Waals surface area contributed by atoms with Gasteiger partial charge in [0.2, 0.25) is 0 Å². The van der Waals surface area contributed by atoms with Crippen LogP contribution in [0.5, 0.6) is 5.75 Å². The van der Waals surface area contributed by atoms with Gasteiger partial charge in [-0.3, -0.25) is 0 Å². The van der Waals surface area contributed by atoms with Crippen molar-refractivity contribution >= 4 is 15.9 Å². The van der Waals surface area contributed by atoms with Gasteiger partial charge in [0.25, 0.3) is 0 Å². The predicted octanol–water partition coefficient (Wildman–Crippen LogP) is 4.60. The second-order valence-electron chi connectivity index (χ2n) is 4.88. The third kappa shape index (κ3) is 3.63. The fourth-order valence-electron chi connectivity index (χ4n) is 2.38. The molecule has 4 heteroatoms. The van der Waals surface area contributed by atoms with Gasteiger partial charge in [0.15, 0.2) is 0 Å². The van der Waals surface area contributed by atoms with E-state index in [1.54, 1.807) is 13.2 Å². The van der Waals surface area contributed by atoms with E-state index >= 15 is 0 Å². The van der Waals surface area contributed by atoms with E-state index in [9.17, 15) is 4.39 Å². The first kappa shape index (κ1) is 16.0. The van der Waals surface area contributed by atoms with Crippen LogP contribution in [0.15, 0.2) is 40.9 Å². The highest BCUT2D eigenvalue weighted by Crippen LogP contribution is 2.33. The smallest absolute Gasteiger partial charge is 0.123 e. The minimum Gasteiger partial charge on any atom is -0.497 e. The Morgan fingerprint density at radius 1 is 1.19 bits per heavy atom. The summed E-state index contributed by atoms with van der Waals surface area (Å²) in [4.78, 5) is 0. The molecule has 0 amide bonds. The van der Waals surface area contributed by atoms with E-state index in [0.29, 0.717) is 0 Å². The minimum atomic E-state index is -0.219. The van der Waals surface area contributed by atoms with Crippen LogP contribution in [0.1, 0.15) is 29.7 Å². The van der Waals surface area contributed by atoms with E-state index in [0.717, 1.165) is 33.5 Å². The molecule has 0 aliphatic heterocycles. The summed E-state index contributed by atoms with van der Waals surface area (Å²) < 4.78 is 19.8. The monoisotopic (exact) mass is 351 g/mol. The Labute approximate surface area is 133 Å². The molecule has 2 rings (SSSR count). The summed E-state index contributed by atoms with van der Waals surface area (Å²) in [5.74, 6) is 0.569. The number of ether oxygens (including phenoxy) is 1. The summed E-state index contributed by atoms with van der Waals surface area (Å²) >= 11 is 3.59. The number of hydrogen-bond acceptors (Lipinski definition) is 2. The highest BCUT2D eigenvalue weighted by molar-refractivity contribution is 9.10. The molecule has 2 aromatic rings. The Morgan fingerprint density at radius 3 is 2.57 bits per heavy atom. The molecule has 2 nitrogen and oxygen atoms in total. The van der Waals surface area contributed by atoms with E-state index in [1.807, 2.05) is 38.1 Å². The van der Waals surface area contributed by atoms with Gasteiger partial charge in [-0.1, -0.05) is 35.0 Å². The van der Waals surface area contributed by atoms with Crippen LogP contribution in [0.25, 0.3) is 0 Å². The molecule has 0 aromatic heterocycles. The van der Waals surface area contributed by atoms with Crippen LogP contribution in [0.3, 0.4) is 0 Å². The lowest BCUT2D eigenvalue weighted by Crippen LogP contribution is -2.23. The van der Waals surface area contributed by atoms with Gasteiger partial charge in [-0.25, -0.2) is 4.39 Å². The van der Waals surface area contributed by atoms with Crippen molar-refractivity contribution in [3.05, 3.63) is 63.4 Å². The molecule has 0 saturated carbocycles. The SMILES string of the molecule is CCNC(c1cc(F)ccc1C)c1ccc(OC)cc1Br. The van der Waals surface area contributed by atoms with Crippen LogP contribution in [0, 0.1) is 12.7 Å². The van der Waals surface area contributed by atoms with Crippen molar-refractivity contribution in [1.29, 1.82) is 0 Å². The zero-order valence-electron chi connectivity index (χ0n) is 12.4. The van der Waals surface area contributed by atoms with Crippen LogP contribution in [0.2, 0.25) is 0 Å². The van der Waals surface area contributed by atoms with Crippen molar-refractivity contribution < 1.29 is 9.13 Å². The van der Waals surface area contributed by atoms with Crippen LogP contribution in [0.4, 0.5) is 4.39 Å². The first-order chi connectivity index (χ1) is 10.1. The van der Waals surface area contributed by atoms with E-state index in [1.165, 1.54) is 6.07 Å². The van der Waals surface area contributed by atoms with Gasteiger partial charge >= 0.3 is 0 Å². The zero-order valence-corrected chi connectivity index (χ0v) is 14.0. The standard InChI is InChI=1S/C17H19BrFNO/c1-4-20-17(15-9-12(19)6-5-11(15)2)14-8-7-13(21-3)10-16(14)18/h5-10,17,20H,4H2,1-3H3. The first-order valence-electron chi connectivity index (χ1n) is 6.89. The summed E-state index contributed by atoms with van der Waals surface area (Å²) in [7, 11) is 1.64. The molecule has 21 heavy (non-hydrogen) atoms. The van der Waals surface area contributed by atoms with Gasteiger partial charge in [0.05, 0.1) is 13.2 Å². The predicted molar refractivity (Wildman–Crippen MR) is 87.4 cm³/mol. The molecular formula is C17H19BrFNO. The molecule has 0 saturated heterocycles. The van der Waals surface area contributed by atoms with Crippen LogP contribution in [-0.2, 0) is 0 Å². The van der Waals surface area contributed by atoms with Crippen molar-refractivity contribution in [2.75, 3.05) is 13.7 Å². The average molecular weight is 352 g/mol. The molecule has 0 fully saturated rings. The topological polar surface area (TPSA) is 21.3 Å².